The van der Waals surface area contributed by atoms with E-state index < -0.39 is 24.2 Å². The molecule has 3 nitrogen and oxygen atoms in total. The van der Waals surface area contributed by atoms with Gasteiger partial charge in [0.25, 0.3) is 0 Å². The van der Waals surface area contributed by atoms with E-state index >= 15 is 0 Å². The lowest BCUT2D eigenvalue weighted by atomic mass is 9.81. The molecule has 0 heterocycles. The summed E-state index contributed by atoms with van der Waals surface area (Å²) in [6.45, 7) is 3.35. The van der Waals surface area contributed by atoms with Gasteiger partial charge < -0.3 is 5.11 Å². The van der Waals surface area contributed by atoms with Crippen molar-refractivity contribution in [1.29, 1.82) is 0 Å². The molecule has 2 atom stereocenters. The first-order chi connectivity index (χ1) is 12.0. The van der Waals surface area contributed by atoms with Gasteiger partial charge in [-0.25, -0.2) is 0 Å². The molecule has 0 bridgehead atoms. The lowest BCUT2D eigenvalue weighted by Gasteiger charge is -2.21. The van der Waals surface area contributed by atoms with Crippen LogP contribution < -0.4 is 0 Å². The van der Waals surface area contributed by atoms with Crippen molar-refractivity contribution in [2.45, 2.75) is 32.6 Å². The topological polar surface area (TPSA) is 54.4 Å². The smallest absolute Gasteiger partial charge is 0.177 e. The predicted octanol–water partition coefficient (Wildman–Crippen LogP) is 4.59. The minimum atomic E-state index is -1.10. The fourth-order valence-corrected chi connectivity index (χ4v) is 3.33. The van der Waals surface area contributed by atoms with Crippen LogP contribution in [0.4, 0.5) is 0 Å². The molecule has 0 fully saturated rings. The summed E-state index contributed by atoms with van der Waals surface area (Å²) in [5.41, 5.74) is 2.08. The van der Waals surface area contributed by atoms with Crippen LogP contribution in [0.15, 0.2) is 48.5 Å². The number of hydrogen-bond donors (Lipinski definition) is 1. The molecule has 0 amide bonds. The van der Waals surface area contributed by atoms with E-state index in [4.69, 9.17) is 11.6 Å². The van der Waals surface area contributed by atoms with E-state index in [1.54, 1.807) is 18.2 Å². The Morgan fingerprint density at radius 2 is 1.80 bits per heavy atom. The van der Waals surface area contributed by atoms with Crippen LogP contribution in [0, 0.1) is 12.8 Å². The van der Waals surface area contributed by atoms with Gasteiger partial charge in [-0.1, -0.05) is 61.3 Å². The van der Waals surface area contributed by atoms with Crippen LogP contribution in [-0.2, 0) is 4.79 Å². The summed E-state index contributed by atoms with van der Waals surface area (Å²) in [6, 6.07) is 14.5. The first kappa shape index (κ1) is 19.4. The van der Waals surface area contributed by atoms with E-state index in [0.29, 0.717) is 11.4 Å². The minimum Gasteiger partial charge on any atom is -0.395 e. The molecule has 1 N–H and O–H groups in total. The van der Waals surface area contributed by atoms with E-state index in [0.717, 1.165) is 17.5 Å². The summed E-state index contributed by atoms with van der Waals surface area (Å²) in [5, 5.41) is 10.1. The standard InChI is InChI=1S/C21H23ClO3/c1-3-7-16(15-8-5-4-6-9-15)20(24)18(13-23)21(25)17-11-10-14(2)12-19(17)22/h4-6,8-12,16,18,23H,3,7,13H2,1-2H3. The SMILES string of the molecule is CCCC(C(=O)C(CO)C(=O)c1ccc(C)cc1Cl)c1ccccc1. The van der Waals surface area contributed by atoms with Crippen LogP contribution in [0.3, 0.4) is 0 Å². The molecular weight excluding hydrogens is 336 g/mol. The first-order valence-corrected chi connectivity index (χ1v) is 8.87. The molecule has 0 aliphatic rings. The number of carbonyl (C=O) groups excluding carboxylic acids is 2. The summed E-state index contributed by atoms with van der Waals surface area (Å²) >= 11 is 6.17. The Morgan fingerprint density at radius 3 is 2.36 bits per heavy atom. The molecule has 0 aliphatic heterocycles. The molecule has 2 aromatic rings. The second kappa shape index (κ2) is 8.93. The highest BCUT2D eigenvalue weighted by atomic mass is 35.5. The van der Waals surface area contributed by atoms with E-state index in [9.17, 15) is 14.7 Å². The summed E-state index contributed by atoms with van der Waals surface area (Å²) < 4.78 is 0. The Hall–Kier alpha value is -1.97. The van der Waals surface area contributed by atoms with Crippen molar-refractivity contribution in [1.82, 2.24) is 0 Å². The van der Waals surface area contributed by atoms with Gasteiger partial charge in [-0.05, 0) is 36.6 Å². The molecule has 2 rings (SSSR count). The molecule has 0 spiro atoms. The maximum Gasteiger partial charge on any atom is 0.177 e. The van der Waals surface area contributed by atoms with Crippen molar-refractivity contribution in [3.8, 4) is 0 Å². The molecule has 4 heteroatoms. The average molecular weight is 359 g/mol. The van der Waals surface area contributed by atoms with Crippen molar-refractivity contribution >= 4 is 23.2 Å². The normalized spacial score (nSPS) is 13.3. The molecule has 0 saturated carbocycles. The zero-order valence-corrected chi connectivity index (χ0v) is 15.3. The molecule has 0 aliphatic carbocycles. The van der Waals surface area contributed by atoms with E-state index in [1.807, 2.05) is 44.2 Å². The Balaban J connectivity index is 2.33. The maximum atomic E-state index is 13.0. The van der Waals surface area contributed by atoms with Gasteiger partial charge in [0.1, 0.15) is 5.92 Å². The number of carbonyl (C=O) groups is 2. The van der Waals surface area contributed by atoms with E-state index in [2.05, 4.69) is 0 Å². The Bertz CT molecular complexity index is 740. The highest BCUT2D eigenvalue weighted by molar-refractivity contribution is 6.34. The largest absolute Gasteiger partial charge is 0.395 e. The first-order valence-electron chi connectivity index (χ1n) is 8.49. The molecule has 0 saturated heterocycles. The highest BCUT2D eigenvalue weighted by Gasteiger charge is 2.33. The van der Waals surface area contributed by atoms with Gasteiger partial charge in [-0.3, -0.25) is 9.59 Å². The number of benzene rings is 2. The van der Waals surface area contributed by atoms with Gasteiger partial charge in [0.2, 0.25) is 0 Å². The Morgan fingerprint density at radius 1 is 1.12 bits per heavy atom. The Kier molecular flexibility index (Phi) is 6.91. The van der Waals surface area contributed by atoms with Crippen molar-refractivity contribution in [3.05, 3.63) is 70.2 Å². The average Bonchev–Trinajstić information content (AvgIpc) is 2.60. The van der Waals surface area contributed by atoms with Crippen molar-refractivity contribution < 1.29 is 14.7 Å². The third kappa shape index (κ3) is 4.56. The molecular formula is C21H23ClO3. The van der Waals surface area contributed by atoms with Crippen molar-refractivity contribution in [2.24, 2.45) is 5.92 Å². The van der Waals surface area contributed by atoms with Gasteiger partial charge in [-0.15, -0.1) is 0 Å². The maximum absolute atomic E-state index is 13.0. The van der Waals surface area contributed by atoms with Crippen LogP contribution in [0.1, 0.15) is 47.2 Å². The third-order valence-corrected chi connectivity index (χ3v) is 4.67. The minimum absolute atomic E-state index is 0.253. The summed E-state index contributed by atoms with van der Waals surface area (Å²) in [7, 11) is 0. The summed E-state index contributed by atoms with van der Waals surface area (Å²) in [5.74, 6) is -2.18. The van der Waals surface area contributed by atoms with Crippen molar-refractivity contribution in [2.75, 3.05) is 6.61 Å². The quantitative estimate of drug-likeness (QED) is 0.554. The van der Waals surface area contributed by atoms with Crippen LogP contribution in [0.5, 0.6) is 0 Å². The highest BCUT2D eigenvalue weighted by Crippen LogP contribution is 2.28. The number of aliphatic hydroxyl groups is 1. The van der Waals surface area contributed by atoms with Gasteiger partial charge in [-0.2, -0.15) is 0 Å². The number of rotatable bonds is 8. The van der Waals surface area contributed by atoms with Gasteiger partial charge in [0.15, 0.2) is 11.6 Å². The van der Waals surface area contributed by atoms with Crippen LogP contribution in [0.2, 0.25) is 5.02 Å². The number of Topliss-reactive ketones (excluding diaryl/α,β-unsaturated/α-hetero) is 2. The third-order valence-electron chi connectivity index (χ3n) is 4.36. The van der Waals surface area contributed by atoms with Gasteiger partial charge >= 0.3 is 0 Å². The molecule has 0 radical (unpaired) electrons. The lowest BCUT2D eigenvalue weighted by molar-refractivity contribution is -0.124. The van der Waals surface area contributed by atoms with Crippen LogP contribution >= 0.6 is 11.6 Å². The lowest BCUT2D eigenvalue weighted by Crippen LogP contribution is -2.32. The summed E-state index contributed by atoms with van der Waals surface area (Å²) in [4.78, 5) is 25.9. The number of aryl methyl sites for hydroxylation is 1. The number of aliphatic hydroxyl groups excluding tert-OH is 1. The molecule has 0 aromatic heterocycles. The fourth-order valence-electron chi connectivity index (χ4n) is 3.00. The van der Waals surface area contributed by atoms with E-state index in [1.165, 1.54) is 0 Å². The van der Waals surface area contributed by atoms with E-state index in [-0.39, 0.29) is 11.3 Å². The van der Waals surface area contributed by atoms with Crippen molar-refractivity contribution in [3.63, 3.8) is 0 Å². The summed E-state index contributed by atoms with van der Waals surface area (Å²) in [6.07, 6.45) is 1.44. The fraction of sp³-hybridized carbons (Fsp3) is 0.333. The van der Waals surface area contributed by atoms with Crippen LogP contribution in [-0.4, -0.2) is 23.3 Å². The molecule has 132 valence electrons. The van der Waals surface area contributed by atoms with Crippen LogP contribution in [0.25, 0.3) is 0 Å². The predicted molar refractivity (Wildman–Crippen MR) is 100 cm³/mol. The zero-order valence-electron chi connectivity index (χ0n) is 14.5. The second-order valence-corrected chi connectivity index (χ2v) is 6.64. The monoisotopic (exact) mass is 358 g/mol. The van der Waals surface area contributed by atoms with Gasteiger partial charge in [0, 0.05) is 11.5 Å². The second-order valence-electron chi connectivity index (χ2n) is 6.24. The molecule has 25 heavy (non-hydrogen) atoms. The zero-order chi connectivity index (χ0) is 18.4. The molecule has 2 aromatic carbocycles. The number of ketones is 2. The number of halogens is 1. The molecule has 2 unspecified atom stereocenters. The number of hydrogen-bond acceptors (Lipinski definition) is 3. The van der Waals surface area contributed by atoms with Gasteiger partial charge in [0.05, 0.1) is 11.6 Å². The Labute approximate surface area is 153 Å².